The lowest BCUT2D eigenvalue weighted by Crippen LogP contribution is -2.41. The molecule has 19 heavy (non-hydrogen) atoms. The molecule has 1 aliphatic heterocycles. The molecule has 0 spiro atoms. The number of nitrogens with one attached hydrogen (secondary N) is 2. The van der Waals surface area contributed by atoms with E-state index in [1.165, 1.54) is 0 Å². The number of piperidine rings is 1. The number of aromatic nitrogens is 1. The lowest BCUT2D eigenvalue weighted by Gasteiger charge is -2.22. The van der Waals surface area contributed by atoms with Gasteiger partial charge in [-0.1, -0.05) is 6.07 Å². The molecule has 1 aromatic heterocycles. The molecule has 2 rings (SSSR count). The molecule has 106 valence electrons. The number of hydrogen-bond acceptors (Lipinski definition) is 5. The molecule has 6 nitrogen and oxygen atoms in total. The minimum absolute atomic E-state index is 0.267. The summed E-state index contributed by atoms with van der Waals surface area (Å²) in [5, 5.41) is 2.87. The van der Waals surface area contributed by atoms with Crippen LogP contribution in [0.3, 0.4) is 0 Å². The first-order valence-corrected chi connectivity index (χ1v) is 7.84. The second-order valence-electron chi connectivity index (χ2n) is 4.52. The van der Waals surface area contributed by atoms with Gasteiger partial charge in [0.05, 0.1) is 12.4 Å². The average Bonchev–Trinajstić information content (AvgIpc) is 2.47. The summed E-state index contributed by atoms with van der Waals surface area (Å²) in [4.78, 5) is 4.04. The Labute approximate surface area is 113 Å². The topological polar surface area (TPSA) is 80.3 Å². The van der Waals surface area contributed by atoms with Crippen molar-refractivity contribution < 1.29 is 13.2 Å². The van der Waals surface area contributed by atoms with E-state index in [2.05, 4.69) is 15.0 Å². The molecule has 0 amide bonds. The molecular weight excluding hydrogens is 266 g/mol. The predicted molar refractivity (Wildman–Crippen MR) is 72.4 cm³/mol. The second kappa shape index (κ2) is 6.31. The third kappa shape index (κ3) is 3.89. The number of methoxy groups -OCH3 is 1. The summed E-state index contributed by atoms with van der Waals surface area (Å²) in [5.74, 6) is 0.518. The molecule has 1 saturated heterocycles. The highest BCUT2D eigenvalue weighted by Gasteiger charge is 2.26. The number of nitrogens with zero attached hydrogens (tertiary/aromatic N) is 1. The lowest BCUT2D eigenvalue weighted by molar-refractivity contribution is 0.397. The summed E-state index contributed by atoms with van der Waals surface area (Å²) in [6.45, 7) is 1.79. The molecule has 0 radical (unpaired) electrons. The van der Waals surface area contributed by atoms with Crippen LogP contribution in [0.15, 0.2) is 18.3 Å². The molecule has 1 fully saturated rings. The number of sulfonamides is 1. The Morgan fingerprint density at radius 3 is 2.74 bits per heavy atom. The lowest BCUT2D eigenvalue weighted by atomic mass is 10.2. The largest absolute Gasteiger partial charge is 0.481 e. The highest BCUT2D eigenvalue weighted by molar-refractivity contribution is 7.90. The second-order valence-corrected chi connectivity index (χ2v) is 6.57. The molecule has 0 bridgehead atoms. The molecule has 0 unspecified atom stereocenters. The Balaban J connectivity index is 1.92. The van der Waals surface area contributed by atoms with E-state index in [-0.39, 0.29) is 11.8 Å². The van der Waals surface area contributed by atoms with Crippen LogP contribution in [0.1, 0.15) is 18.4 Å². The number of ether oxygens (including phenoxy) is 1. The minimum Gasteiger partial charge on any atom is -0.481 e. The SMILES string of the molecule is COc1ccc(CNS(=O)(=O)C2CCNCC2)cn1. The fraction of sp³-hybridized carbons (Fsp3) is 0.583. The highest BCUT2D eigenvalue weighted by atomic mass is 32.2. The van der Waals surface area contributed by atoms with Crippen LogP contribution in [0.4, 0.5) is 0 Å². The molecule has 7 heteroatoms. The zero-order chi connectivity index (χ0) is 13.7. The van der Waals surface area contributed by atoms with E-state index < -0.39 is 10.0 Å². The fourth-order valence-electron chi connectivity index (χ4n) is 2.04. The van der Waals surface area contributed by atoms with Gasteiger partial charge in [-0.3, -0.25) is 0 Å². The van der Waals surface area contributed by atoms with Crippen molar-refractivity contribution in [3.8, 4) is 5.88 Å². The number of rotatable bonds is 5. The number of pyridine rings is 1. The van der Waals surface area contributed by atoms with Crippen LogP contribution in [0.2, 0.25) is 0 Å². The summed E-state index contributed by atoms with van der Waals surface area (Å²) in [6, 6.07) is 3.52. The molecule has 2 N–H and O–H groups in total. The van der Waals surface area contributed by atoms with Crippen LogP contribution < -0.4 is 14.8 Å². The summed E-state index contributed by atoms with van der Waals surface area (Å²) >= 11 is 0. The van der Waals surface area contributed by atoms with Crippen LogP contribution >= 0.6 is 0 Å². The fourth-order valence-corrected chi connectivity index (χ4v) is 3.50. The van der Waals surface area contributed by atoms with Gasteiger partial charge in [0.15, 0.2) is 0 Å². The average molecular weight is 285 g/mol. The van der Waals surface area contributed by atoms with Crippen molar-refractivity contribution in [2.75, 3.05) is 20.2 Å². The summed E-state index contributed by atoms with van der Waals surface area (Å²) in [6.07, 6.45) is 2.94. The Morgan fingerprint density at radius 2 is 2.16 bits per heavy atom. The maximum atomic E-state index is 12.1. The zero-order valence-electron chi connectivity index (χ0n) is 10.9. The Bertz CT molecular complexity index is 495. The van der Waals surface area contributed by atoms with Gasteiger partial charge in [-0.15, -0.1) is 0 Å². The van der Waals surface area contributed by atoms with Crippen LogP contribution in [0.25, 0.3) is 0 Å². The van der Waals surface area contributed by atoms with Gasteiger partial charge in [-0.25, -0.2) is 18.1 Å². The standard InChI is InChI=1S/C12H19N3O3S/c1-18-12-3-2-10(8-14-12)9-15-19(16,17)11-4-6-13-7-5-11/h2-3,8,11,13,15H,4-7,9H2,1H3. The smallest absolute Gasteiger partial charge is 0.214 e. The van der Waals surface area contributed by atoms with Crippen molar-refractivity contribution in [2.24, 2.45) is 0 Å². The third-order valence-corrected chi connectivity index (χ3v) is 5.11. The highest BCUT2D eigenvalue weighted by Crippen LogP contribution is 2.13. The van der Waals surface area contributed by atoms with E-state index in [1.807, 2.05) is 0 Å². The van der Waals surface area contributed by atoms with Gasteiger partial charge >= 0.3 is 0 Å². The van der Waals surface area contributed by atoms with Gasteiger partial charge in [0, 0.05) is 18.8 Å². The van der Waals surface area contributed by atoms with Gasteiger partial charge < -0.3 is 10.1 Å². The molecule has 0 aromatic carbocycles. The van der Waals surface area contributed by atoms with Crippen molar-refractivity contribution in [3.63, 3.8) is 0 Å². The van der Waals surface area contributed by atoms with E-state index in [1.54, 1.807) is 25.4 Å². The monoisotopic (exact) mass is 285 g/mol. The molecular formula is C12H19N3O3S. The minimum atomic E-state index is -3.25. The Hall–Kier alpha value is -1.18. The van der Waals surface area contributed by atoms with E-state index in [9.17, 15) is 8.42 Å². The van der Waals surface area contributed by atoms with Crippen molar-refractivity contribution in [1.29, 1.82) is 0 Å². The molecule has 0 saturated carbocycles. The molecule has 1 aliphatic rings. The van der Waals surface area contributed by atoms with Crippen LogP contribution in [-0.2, 0) is 16.6 Å². The molecule has 1 aromatic rings. The maximum absolute atomic E-state index is 12.1. The Kier molecular flexibility index (Phi) is 4.73. The van der Waals surface area contributed by atoms with Crippen molar-refractivity contribution in [2.45, 2.75) is 24.6 Å². The van der Waals surface area contributed by atoms with E-state index >= 15 is 0 Å². The first kappa shape index (κ1) is 14.2. The first-order chi connectivity index (χ1) is 9.12. The maximum Gasteiger partial charge on any atom is 0.214 e. The van der Waals surface area contributed by atoms with Crippen molar-refractivity contribution in [3.05, 3.63) is 23.9 Å². The third-order valence-electron chi connectivity index (χ3n) is 3.21. The van der Waals surface area contributed by atoms with Crippen LogP contribution in [0.5, 0.6) is 5.88 Å². The van der Waals surface area contributed by atoms with Gasteiger partial charge in [-0.2, -0.15) is 0 Å². The van der Waals surface area contributed by atoms with Crippen LogP contribution in [-0.4, -0.2) is 38.9 Å². The quantitative estimate of drug-likeness (QED) is 0.811. The van der Waals surface area contributed by atoms with Gasteiger partial charge in [0.25, 0.3) is 0 Å². The van der Waals surface area contributed by atoms with Gasteiger partial charge in [0.2, 0.25) is 15.9 Å². The van der Waals surface area contributed by atoms with E-state index in [4.69, 9.17) is 4.74 Å². The molecule has 2 heterocycles. The Morgan fingerprint density at radius 1 is 1.42 bits per heavy atom. The van der Waals surface area contributed by atoms with E-state index in [0.29, 0.717) is 18.7 Å². The summed E-state index contributed by atoms with van der Waals surface area (Å²) in [7, 11) is -1.70. The van der Waals surface area contributed by atoms with E-state index in [0.717, 1.165) is 18.7 Å². The number of hydrogen-bond donors (Lipinski definition) is 2. The van der Waals surface area contributed by atoms with Gasteiger partial charge in [-0.05, 0) is 31.5 Å². The van der Waals surface area contributed by atoms with Crippen molar-refractivity contribution in [1.82, 2.24) is 15.0 Å². The first-order valence-electron chi connectivity index (χ1n) is 6.30. The van der Waals surface area contributed by atoms with Gasteiger partial charge in [0.1, 0.15) is 0 Å². The van der Waals surface area contributed by atoms with Crippen molar-refractivity contribution >= 4 is 10.0 Å². The zero-order valence-corrected chi connectivity index (χ0v) is 11.7. The molecule has 0 atom stereocenters. The predicted octanol–water partition coefficient (Wildman–Crippen LogP) is 0.262. The summed E-state index contributed by atoms with van der Waals surface area (Å²) < 4.78 is 31.8. The van der Waals surface area contributed by atoms with Crippen LogP contribution in [0, 0.1) is 0 Å². The molecule has 0 aliphatic carbocycles. The summed E-state index contributed by atoms with van der Waals surface area (Å²) in [5.41, 5.74) is 0.818. The normalized spacial score (nSPS) is 17.3.